The molecule has 100 valence electrons. The van der Waals surface area contributed by atoms with Gasteiger partial charge in [-0.05, 0) is 58.4 Å². The van der Waals surface area contributed by atoms with E-state index in [9.17, 15) is 0 Å². The number of nitrogens with one attached hydrogen (secondary N) is 1. The van der Waals surface area contributed by atoms with Gasteiger partial charge in [0.1, 0.15) is 0 Å². The lowest BCUT2D eigenvalue weighted by Crippen LogP contribution is -2.41. The van der Waals surface area contributed by atoms with Crippen LogP contribution in [0.2, 0.25) is 0 Å². The van der Waals surface area contributed by atoms with E-state index in [1.54, 1.807) is 0 Å². The van der Waals surface area contributed by atoms with Crippen molar-refractivity contribution in [1.29, 1.82) is 0 Å². The molecule has 3 nitrogen and oxygen atoms in total. The maximum atomic E-state index is 5.73. The molecule has 0 amide bonds. The van der Waals surface area contributed by atoms with E-state index in [1.807, 2.05) is 0 Å². The zero-order valence-corrected chi connectivity index (χ0v) is 11.3. The topological polar surface area (TPSA) is 30.5 Å². The van der Waals surface area contributed by atoms with Gasteiger partial charge in [0.25, 0.3) is 0 Å². The van der Waals surface area contributed by atoms with E-state index in [4.69, 9.17) is 9.47 Å². The molecule has 3 heteroatoms. The molecule has 1 saturated carbocycles. The van der Waals surface area contributed by atoms with Gasteiger partial charge in [-0.1, -0.05) is 0 Å². The third-order valence-corrected chi connectivity index (χ3v) is 3.65. The predicted molar refractivity (Wildman–Crippen MR) is 69.2 cm³/mol. The normalized spacial score (nSPS) is 33.9. The van der Waals surface area contributed by atoms with Crippen LogP contribution in [0.5, 0.6) is 0 Å². The van der Waals surface area contributed by atoms with Crippen LogP contribution in [0.3, 0.4) is 0 Å². The van der Waals surface area contributed by atoms with Crippen molar-refractivity contribution in [3.05, 3.63) is 0 Å². The van der Waals surface area contributed by atoms with Crippen LogP contribution in [-0.4, -0.2) is 38.0 Å². The van der Waals surface area contributed by atoms with Crippen LogP contribution in [0, 0.1) is 5.92 Å². The molecule has 2 aliphatic rings. The largest absolute Gasteiger partial charge is 0.381 e. The van der Waals surface area contributed by atoms with Crippen LogP contribution < -0.4 is 5.32 Å². The summed E-state index contributed by atoms with van der Waals surface area (Å²) in [5.74, 6) is 0.889. The lowest BCUT2D eigenvalue weighted by Gasteiger charge is -2.32. The summed E-state index contributed by atoms with van der Waals surface area (Å²) in [5.41, 5.74) is 0. The minimum atomic E-state index is 0.405. The Labute approximate surface area is 105 Å². The van der Waals surface area contributed by atoms with Gasteiger partial charge in [-0.3, -0.25) is 0 Å². The van der Waals surface area contributed by atoms with Gasteiger partial charge in [-0.2, -0.15) is 0 Å². The van der Waals surface area contributed by atoms with Gasteiger partial charge in [0, 0.05) is 19.3 Å². The monoisotopic (exact) mass is 241 g/mol. The van der Waals surface area contributed by atoms with Crippen molar-refractivity contribution in [1.82, 2.24) is 5.32 Å². The van der Waals surface area contributed by atoms with Gasteiger partial charge >= 0.3 is 0 Å². The van der Waals surface area contributed by atoms with Crippen LogP contribution in [0.15, 0.2) is 0 Å². The highest BCUT2D eigenvalue weighted by molar-refractivity contribution is 4.78. The van der Waals surface area contributed by atoms with Gasteiger partial charge in [-0.25, -0.2) is 0 Å². The highest BCUT2D eigenvalue weighted by Crippen LogP contribution is 2.28. The molecule has 1 heterocycles. The first-order chi connectivity index (χ1) is 8.24. The fourth-order valence-electron chi connectivity index (χ4n) is 2.59. The molecule has 2 rings (SSSR count). The second-order valence-electron chi connectivity index (χ2n) is 5.75. The molecule has 1 N–H and O–H groups in total. The molecular weight excluding hydrogens is 214 g/mol. The van der Waals surface area contributed by atoms with Crippen molar-refractivity contribution in [2.75, 3.05) is 19.8 Å². The molecule has 2 fully saturated rings. The van der Waals surface area contributed by atoms with Crippen molar-refractivity contribution >= 4 is 0 Å². The van der Waals surface area contributed by atoms with Crippen molar-refractivity contribution in [3.8, 4) is 0 Å². The van der Waals surface area contributed by atoms with Crippen LogP contribution in [-0.2, 0) is 9.47 Å². The molecule has 2 unspecified atom stereocenters. The summed E-state index contributed by atoms with van der Waals surface area (Å²) >= 11 is 0. The summed E-state index contributed by atoms with van der Waals surface area (Å²) in [5, 5.41) is 3.63. The SMILES string of the molecule is CC1CC(NCCCOCC2CC2)CC(C)O1. The summed E-state index contributed by atoms with van der Waals surface area (Å²) in [6.07, 6.45) is 7.00. The highest BCUT2D eigenvalue weighted by atomic mass is 16.5. The van der Waals surface area contributed by atoms with Gasteiger partial charge in [0.15, 0.2) is 0 Å². The molecule has 0 aromatic heterocycles. The Hall–Kier alpha value is -0.120. The lowest BCUT2D eigenvalue weighted by atomic mass is 10.00. The van der Waals surface area contributed by atoms with Crippen LogP contribution in [0.1, 0.15) is 46.0 Å². The quantitative estimate of drug-likeness (QED) is 0.694. The minimum absolute atomic E-state index is 0.405. The summed E-state index contributed by atoms with van der Waals surface area (Å²) in [6, 6.07) is 0.636. The summed E-state index contributed by atoms with van der Waals surface area (Å²) in [7, 11) is 0. The fourth-order valence-corrected chi connectivity index (χ4v) is 2.59. The molecule has 0 spiro atoms. The van der Waals surface area contributed by atoms with E-state index in [-0.39, 0.29) is 0 Å². The highest BCUT2D eigenvalue weighted by Gasteiger charge is 2.23. The van der Waals surface area contributed by atoms with Gasteiger partial charge in [0.2, 0.25) is 0 Å². The van der Waals surface area contributed by atoms with E-state index in [0.717, 1.165) is 44.9 Å². The maximum Gasteiger partial charge on any atom is 0.0565 e. The molecular formula is C14H27NO2. The Kier molecular flexibility index (Phi) is 5.26. The first kappa shape index (κ1) is 13.3. The summed E-state index contributed by atoms with van der Waals surface area (Å²) < 4.78 is 11.4. The second kappa shape index (κ2) is 6.72. The average Bonchev–Trinajstić information content (AvgIpc) is 3.05. The third kappa shape index (κ3) is 5.36. The number of rotatable bonds is 7. The van der Waals surface area contributed by atoms with Gasteiger partial charge in [-0.15, -0.1) is 0 Å². The average molecular weight is 241 g/mol. The molecule has 2 atom stereocenters. The third-order valence-electron chi connectivity index (χ3n) is 3.65. The maximum absolute atomic E-state index is 5.73. The van der Waals surface area contributed by atoms with Crippen molar-refractivity contribution < 1.29 is 9.47 Å². The molecule has 0 radical (unpaired) electrons. The predicted octanol–water partition coefficient (Wildman–Crippen LogP) is 2.35. The number of hydrogen-bond acceptors (Lipinski definition) is 3. The van der Waals surface area contributed by atoms with Gasteiger partial charge in [0.05, 0.1) is 12.2 Å². The Morgan fingerprint density at radius 2 is 1.88 bits per heavy atom. The number of hydrogen-bond donors (Lipinski definition) is 1. The molecule has 0 bridgehead atoms. The van der Waals surface area contributed by atoms with E-state index >= 15 is 0 Å². The fraction of sp³-hybridized carbons (Fsp3) is 1.00. The Balaban J connectivity index is 1.46. The first-order valence-corrected chi connectivity index (χ1v) is 7.20. The van der Waals surface area contributed by atoms with E-state index in [0.29, 0.717) is 18.2 Å². The molecule has 0 aromatic rings. The Bertz CT molecular complexity index is 208. The van der Waals surface area contributed by atoms with Crippen LogP contribution in [0.25, 0.3) is 0 Å². The summed E-state index contributed by atoms with van der Waals surface area (Å²) in [4.78, 5) is 0. The Morgan fingerprint density at radius 1 is 1.18 bits per heavy atom. The van der Waals surface area contributed by atoms with Crippen molar-refractivity contribution in [2.45, 2.75) is 64.2 Å². The summed E-state index contributed by atoms with van der Waals surface area (Å²) in [6.45, 7) is 7.32. The van der Waals surface area contributed by atoms with Crippen molar-refractivity contribution in [2.24, 2.45) is 5.92 Å². The number of ether oxygens (including phenoxy) is 2. The van der Waals surface area contributed by atoms with E-state index in [1.165, 1.54) is 12.8 Å². The molecule has 1 saturated heterocycles. The molecule has 0 aromatic carbocycles. The zero-order valence-electron chi connectivity index (χ0n) is 11.3. The lowest BCUT2D eigenvalue weighted by molar-refractivity contribution is -0.0421. The van der Waals surface area contributed by atoms with Gasteiger partial charge < -0.3 is 14.8 Å². The minimum Gasteiger partial charge on any atom is -0.381 e. The smallest absolute Gasteiger partial charge is 0.0565 e. The zero-order chi connectivity index (χ0) is 12.1. The molecule has 1 aliphatic heterocycles. The molecule has 1 aliphatic carbocycles. The van der Waals surface area contributed by atoms with Crippen LogP contribution >= 0.6 is 0 Å². The second-order valence-corrected chi connectivity index (χ2v) is 5.75. The standard InChI is InChI=1S/C14H27NO2/c1-11-8-14(9-12(2)17-11)15-6-3-7-16-10-13-4-5-13/h11-15H,3-10H2,1-2H3. The van der Waals surface area contributed by atoms with Crippen molar-refractivity contribution in [3.63, 3.8) is 0 Å². The first-order valence-electron chi connectivity index (χ1n) is 7.20. The van der Waals surface area contributed by atoms with E-state index < -0.39 is 0 Å². The van der Waals surface area contributed by atoms with E-state index in [2.05, 4.69) is 19.2 Å². The Morgan fingerprint density at radius 3 is 2.53 bits per heavy atom. The molecule has 17 heavy (non-hydrogen) atoms. The van der Waals surface area contributed by atoms with Crippen LogP contribution in [0.4, 0.5) is 0 Å².